The molecule has 0 saturated carbocycles. The van der Waals surface area contributed by atoms with Crippen molar-refractivity contribution in [3.05, 3.63) is 57.5 Å². The van der Waals surface area contributed by atoms with E-state index < -0.39 is 6.10 Å². The van der Waals surface area contributed by atoms with Gasteiger partial charge in [0.15, 0.2) is 6.10 Å². The molecule has 1 N–H and O–H groups in total. The van der Waals surface area contributed by atoms with Crippen LogP contribution < -0.4 is 10.1 Å². The summed E-state index contributed by atoms with van der Waals surface area (Å²) in [6.07, 6.45) is -0.603. The molecule has 3 nitrogen and oxygen atoms in total. The molecule has 0 unspecified atom stereocenters. The van der Waals surface area contributed by atoms with Gasteiger partial charge in [-0.05, 0) is 61.9 Å². The highest BCUT2D eigenvalue weighted by Gasteiger charge is 2.15. The molecule has 0 bridgehead atoms. The van der Waals surface area contributed by atoms with Crippen molar-refractivity contribution in [2.24, 2.45) is 0 Å². The van der Waals surface area contributed by atoms with Gasteiger partial charge in [0.1, 0.15) is 5.75 Å². The lowest BCUT2D eigenvalue weighted by atomic mass is 10.2. The number of anilines is 1. The maximum atomic E-state index is 12.1. The summed E-state index contributed by atoms with van der Waals surface area (Å²) < 4.78 is 6.64. The summed E-state index contributed by atoms with van der Waals surface area (Å²) in [5.41, 5.74) is 1.62. The fourth-order valence-corrected chi connectivity index (χ4v) is 2.26. The number of amides is 1. The van der Waals surface area contributed by atoms with E-state index in [1.165, 1.54) is 0 Å². The molecule has 2 aromatic carbocycles. The van der Waals surface area contributed by atoms with Crippen LogP contribution in [0.15, 0.2) is 46.9 Å². The van der Waals surface area contributed by atoms with E-state index in [9.17, 15) is 4.79 Å². The van der Waals surface area contributed by atoms with Crippen LogP contribution in [0.4, 0.5) is 5.69 Å². The molecule has 1 atom stereocenters. The van der Waals surface area contributed by atoms with Crippen LogP contribution in [-0.2, 0) is 4.79 Å². The lowest BCUT2D eigenvalue weighted by molar-refractivity contribution is -0.122. The van der Waals surface area contributed by atoms with Crippen LogP contribution in [0.3, 0.4) is 0 Å². The summed E-state index contributed by atoms with van der Waals surface area (Å²) in [7, 11) is 0. The molecule has 1 amide bonds. The van der Waals surface area contributed by atoms with Gasteiger partial charge in [0.05, 0.1) is 0 Å². The molecular formula is C16H15BrClNO2. The normalized spacial score (nSPS) is 11.8. The predicted molar refractivity (Wildman–Crippen MR) is 89.1 cm³/mol. The van der Waals surface area contributed by atoms with Crippen molar-refractivity contribution in [1.29, 1.82) is 0 Å². The smallest absolute Gasteiger partial charge is 0.265 e. The first-order valence-electron chi connectivity index (χ1n) is 6.45. The van der Waals surface area contributed by atoms with Crippen molar-refractivity contribution in [3.63, 3.8) is 0 Å². The molecule has 0 heterocycles. The third kappa shape index (κ3) is 4.48. The highest BCUT2D eigenvalue weighted by atomic mass is 79.9. The Morgan fingerprint density at radius 3 is 2.52 bits per heavy atom. The summed E-state index contributed by atoms with van der Waals surface area (Å²) >= 11 is 9.25. The van der Waals surface area contributed by atoms with Gasteiger partial charge in [0.2, 0.25) is 0 Å². The fourth-order valence-electron chi connectivity index (χ4n) is 1.77. The number of halogens is 2. The van der Waals surface area contributed by atoms with Crippen molar-refractivity contribution in [2.45, 2.75) is 20.0 Å². The molecule has 2 aromatic rings. The number of hydrogen-bond donors (Lipinski definition) is 1. The minimum Gasteiger partial charge on any atom is -0.481 e. The van der Waals surface area contributed by atoms with Crippen LogP contribution >= 0.6 is 27.5 Å². The van der Waals surface area contributed by atoms with Gasteiger partial charge < -0.3 is 10.1 Å². The Balaban J connectivity index is 2.00. The second-order valence-corrected chi connectivity index (χ2v) is 6.02. The highest BCUT2D eigenvalue weighted by Crippen LogP contribution is 2.23. The van der Waals surface area contributed by atoms with Crippen LogP contribution in [0.1, 0.15) is 12.5 Å². The molecule has 0 aliphatic rings. The molecule has 0 saturated heterocycles. The summed E-state index contributed by atoms with van der Waals surface area (Å²) in [5, 5.41) is 3.45. The van der Waals surface area contributed by atoms with E-state index in [0.717, 1.165) is 15.7 Å². The van der Waals surface area contributed by atoms with E-state index in [-0.39, 0.29) is 5.91 Å². The Labute approximate surface area is 137 Å². The van der Waals surface area contributed by atoms with E-state index in [4.69, 9.17) is 16.3 Å². The number of hydrogen-bond acceptors (Lipinski definition) is 2. The molecule has 110 valence electrons. The number of carbonyl (C=O) groups is 1. The van der Waals surface area contributed by atoms with Gasteiger partial charge in [-0.15, -0.1) is 0 Å². The molecule has 0 radical (unpaired) electrons. The van der Waals surface area contributed by atoms with E-state index in [1.807, 2.05) is 31.2 Å². The zero-order valence-electron chi connectivity index (χ0n) is 11.7. The zero-order valence-corrected chi connectivity index (χ0v) is 14.0. The number of nitrogens with one attached hydrogen (secondary N) is 1. The molecule has 0 aliphatic heterocycles. The topological polar surface area (TPSA) is 38.3 Å². The lowest BCUT2D eigenvalue weighted by Crippen LogP contribution is -2.30. The third-order valence-electron chi connectivity index (χ3n) is 2.92. The Kier molecular flexibility index (Phi) is 5.26. The Hall–Kier alpha value is -1.52. The van der Waals surface area contributed by atoms with Crippen molar-refractivity contribution in [2.75, 3.05) is 5.32 Å². The number of rotatable bonds is 4. The number of aryl methyl sites for hydroxylation is 1. The second kappa shape index (κ2) is 6.96. The van der Waals surface area contributed by atoms with Crippen LogP contribution in [-0.4, -0.2) is 12.0 Å². The van der Waals surface area contributed by atoms with Crippen molar-refractivity contribution < 1.29 is 9.53 Å². The summed E-state index contributed by atoms with van der Waals surface area (Å²) in [6, 6.07) is 12.7. The van der Waals surface area contributed by atoms with Gasteiger partial charge in [0, 0.05) is 15.2 Å². The highest BCUT2D eigenvalue weighted by molar-refractivity contribution is 9.10. The van der Waals surface area contributed by atoms with E-state index in [0.29, 0.717) is 10.8 Å². The van der Waals surface area contributed by atoms with Crippen LogP contribution in [0.25, 0.3) is 0 Å². The summed E-state index contributed by atoms with van der Waals surface area (Å²) in [4.78, 5) is 12.1. The molecule has 0 aliphatic carbocycles. The molecule has 0 spiro atoms. The lowest BCUT2D eigenvalue weighted by Gasteiger charge is -2.16. The Morgan fingerprint density at radius 1 is 1.24 bits per heavy atom. The summed E-state index contributed by atoms with van der Waals surface area (Å²) in [6.45, 7) is 3.60. The number of benzene rings is 2. The molecule has 0 fully saturated rings. The third-order valence-corrected chi connectivity index (χ3v) is 3.69. The molecule has 5 heteroatoms. The predicted octanol–water partition coefficient (Wildman–Crippen LogP) is 4.82. The van der Waals surface area contributed by atoms with Gasteiger partial charge >= 0.3 is 0 Å². The van der Waals surface area contributed by atoms with Gasteiger partial charge in [-0.25, -0.2) is 0 Å². The SMILES string of the molecule is Cc1cc(Cl)ccc1O[C@H](C)C(=O)Nc1ccc(Br)cc1. The van der Waals surface area contributed by atoms with Crippen molar-refractivity contribution in [3.8, 4) is 5.75 Å². The van der Waals surface area contributed by atoms with Crippen molar-refractivity contribution in [1.82, 2.24) is 0 Å². The first-order chi connectivity index (χ1) is 9.95. The number of carbonyl (C=O) groups excluding carboxylic acids is 1. The maximum absolute atomic E-state index is 12.1. The molecule has 0 aromatic heterocycles. The second-order valence-electron chi connectivity index (χ2n) is 4.67. The first-order valence-corrected chi connectivity index (χ1v) is 7.62. The van der Waals surface area contributed by atoms with Gasteiger partial charge in [-0.1, -0.05) is 27.5 Å². The Bertz CT molecular complexity index is 643. The molecule has 2 rings (SSSR count). The minimum absolute atomic E-state index is 0.202. The zero-order chi connectivity index (χ0) is 15.4. The largest absolute Gasteiger partial charge is 0.481 e. The molecular weight excluding hydrogens is 354 g/mol. The van der Waals surface area contributed by atoms with E-state index in [2.05, 4.69) is 21.2 Å². The fraction of sp³-hybridized carbons (Fsp3) is 0.188. The quantitative estimate of drug-likeness (QED) is 0.840. The number of ether oxygens (including phenoxy) is 1. The Morgan fingerprint density at radius 2 is 1.90 bits per heavy atom. The van der Waals surface area contributed by atoms with Crippen LogP contribution in [0.2, 0.25) is 5.02 Å². The maximum Gasteiger partial charge on any atom is 0.265 e. The monoisotopic (exact) mass is 367 g/mol. The van der Waals surface area contributed by atoms with Gasteiger partial charge in [-0.2, -0.15) is 0 Å². The minimum atomic E-state index is -0.603. The average Bonchev–Trinajstić information content (AvgIpc) is 2.44. The van der Waals surface area contributed by atoms with Crippen molar-refractivity contribution >= 4 is 39.1 Å². The first kappa shape index (κ1) is 15.9. The van der Waals surface area contributed by atoms with E-state index >= 15 is 0 Å². The molecule has 21 heavy (non-hydrogen) atoms. The van der Waals surface area contributed by atoms with Crippen LogP contribution in [0.5, 0.6) is 5.75 Å². The van der Waals surface area contributed by atoms with Gasteiger partial charge in [-0.3, -0.25) is 4.79 Å². The van der Waals surface area contributed by atoms with Crippen LogP contribution in [0, 0.1) is 6.92 Å². The average molecular weight is 369 g/mol. The summed E-state index contributed by atoms with van der Waals surface area (Å²) in [5.74, 6) is 0.449. The van der Waals surface area contributed by atoms with E-state index in [1.54, 1.807) is 25.1 Å². The standard InChI is InChI=1S/C16H15BrClNO2/c1-10-9-13(18)5-8-15(10)21-11(2)16(20)19-14-6-3-12(17)4-7-14/h3-9,11H,1-2H3,(H,19,20)/t11-/m1/s1. The van der Waals surface area contributed by atoms with Gasteiger partial charge in [0.25, 0.3) is 5.91 Å².